The minimum Gasteiger partial charge on any atom is -0.348 e. The van der Waals surface area contributed by atoms with Gasteiger partial charge in [0.05, 0.1) is 0 Å². The van der Waals surface area contributed by atoms with Crippen LogP contribution in [-0.2, 0) is 6.54 Å². The van der Waals surface area contributed by atoms with Gasteiger partial charge in [-0.25, -0.2) is 0 Å². The number of carbonyl (C=O) groups excluding carboxylic acids is 1. The van der Waals surface area contributed by atoms with Crippen molar-refractivity contribution in [2.75, 3.05) is 0 Å². The van der Waals surface area contributed by atoms with Crippen LogP contribution in [0.3, 0.4) is 0 Å². The molecule has 4 heteroatoms. The Labute approximate surface area is 127 Å². The Morgan fingerprint density at radius 1 is 1.10 bits per heavy atom. The Morgan fingerprint density at radius 3 is 2.86 bits per heavy atom. The molecule has 21 heavy (non-hydrogen) atoms. The third-order valence-corrected chi connectivity index (χ3v) is 3.48. The molecule has 1 N–H and O–H groups in total. The predicted octanol–water partition coefficient (Wildman–Crippen LogP) is 3.82. The summed E-state index contributed by atoms with van der Waals surface area (Å²) in [6, 6.07) is 14.9. The lowest BCUT2D eigenvalue weighted by atomic mass is 10.1. The monoisotopic (exact) mass is 296 g/mol. The second-order valence-corrected chi connectivity index (χ2v) is 5.19. The van der Waals surface area contributed by atoms with Gasteiger partial charge >= 0.3 is 0 Å². The normalized spacial score (nSPS) is 10.5. The van der Waals surface area contributed by atoms with Crippen molar-refractivity contribution in [2.45, 2.75) is 6.54 Å². The lowest BCUT2D eigenvalue weighted by molar-refractivity contribution is 0.0951. The summed E-state index contributed by atoms with van der Waals surface area (Å²) >= 11 is 5.92. The Hall–Kier alpha value is -2.39. The van der Waals surface area contributed by atoms with E-state index in [0.29, 0.717) is 17.1 Å². The molecule has 0 bridgehead atoms. The molecule has 3 aromatic rings. The molecule has 2 aromatic carbocycles. The molecule has 1 amide bonds. The molecule has 104 valence electrons. The smallest absolute Gasteiger partial charge is 0.251 e. The first-order valence-electron chi connectivity index (χ1n) is 6.59. The Kier molecular flexibility index (Phi) is 3.84. The van der Waals surface area contributed by atoms with Gasteiger partial charge in [0.15, 0.2) is 0 Å². The van der Waals surface area contributed by atoms with E-state index in [9.17, 15) is 4.79 Å². The first-order valence-corrected chi connectivity index (χ1v) is 6.96. The molecule has 0 saturated heterocycles. The molecule has 0 fully saturated rings. The lowest BCUT2D eigenvalue weighted by Gasteiger charge is -2.07. The summed E-state index contributed by atoms with van der Waals surface area (Å²) in [5.74, 6) is -0.103. The molecule has 3 rings (SSSR count). The topological polar surface area (TPSA) is 42.0 Å². The second kappa shape index (κ2) is 5.94. The number of amides is 1. The van der Waals surface area contributed by atoms with E-state index < -0.39 is 0 Å². The molecule has 1 aromatic heterocycles. The predicted molar refractivity (Wildman–Crippen MR) is 84.4 cm³/mol. The number of fused-ring (bicyclic) bond motifs is 1. The van der Waals surface area contributed by atoms with Gasteiger partial charge in [-0.1, -0.05) is 29.8 Å². The maximum atomic E-state index is 12.2. The average molecular weight is 297 g/mol. The molecule has 3 nitrogen and oxygen atoms in total. The highest BCUT2D eigenvalue weighted by Crippen LogP contribution is 2.15. The number of hydrogen-bond donors (Lipinski definition) is 1. The number of hydrogen-bond acceptors (Lipinski definition) is 2. The zero-order valence-corrected chi connectivity index (χ0v) is 12.0. The van der Waals surface area contributed by atoms with Crippen molar-refractivity contribution in [2.24, 2.45) is 0 Å². The summed E-state index contributed by atoms with van der Waals surface area (Å²) in [6.07, 6.45) is 3.50. The minimum absolute atomic E-state index is 0.103. The van der Waals surface area contributed by atoms with Crippen LogP contribution in [0.4, 0.5) is 0 Å². The van der Waals surface area contributed by atoms with Crippen LogP contribution < -0.4 is 5.32 Å². The summed E-state index contributed by atoms with van der Waals surface area (Å²) in [6.45, 7) is 0.452. The van der Waals surface area contributed by atoms with Crippen LogP contribution in [0.5, 0.6) is 0 Å². The van der Waals surface area contributed by atoms with Crippen molar-refractivity contribution in [1.29, 1.82) is 0 Å². The fourth-order valence-electron chi connectivity index (χ4n) is 2.16. The maximum Gasteiger partial charge on any atom is 0.251 e. The van der Waals surface area contributed by atoms with Gasteiger partial charge in [-0.2, -0.15) is 0 Å². The average Bonchev–Trinajstić information content (AvgIpc) is 2.52. The van der Waals surface area contributed by atoms with E-state index in [1.54, 1.807) is 18.5 Å². The first-order chi connectivity index (χ1) is 10.2. The van der Waals surface area contributed by atoms with Gasteiger partial charge in [0.1, 0.15) is 0 Å². The Bertz CT molecular complexity index is 801. The molecule has 0 unspecified atom stereocenters. The van der Waals surface area contributed by atoms with Crippen LogP contribution in [0.15, 0.2) is 60.9 Å². The fraction of sp³-hybridized carbons (Fsp3) is 0.0588. The number of rotatable bonds is 3. The lowest BCUT2D eigenvalue weighted by Crippen LogP contribution is -2.22. The maximum absolute atomic E-state index is 12.2. The summed E-state index contributed by atoms with van der Waals surface area (Å²) in [4.78, 5) is 16.2. The summed E-state index contributed by atoms with van der Waals surface area (Å²) in [5.41, 5.74) is 1.61. The van der Waals surface area contributed by atoms with E-state index in [-0.39, 0.29) is 5.91 Å². The van der Waals surface area contributed by atoms with Crippen molar-refractivity contribution in [3.05, 3.63) is 77.1 Å². The summed E-state index contributed by atoms with van der Waals surface area (Å²) in [5, 5.41) is 5.58. The van der Waals surface area contributed by atoms with Crippen LogP contribution in [0.25, 0.3) is 10.8 Å². The van der Waals surface area contributed by atoms with Gasteiger partial charge in [-0.05, 0) is 41.3 Å². The van der Waals surface area contributed by atoms with Crippen LogP contribution in [0, 0.1) is 0 Å². The zero-order valence-electron chi connectivity index (χ0n) is 11.2. The molecular formula is C17H13ClN2O. The summed E-state index contributed by atoms with van der Waals surface area (Å²) < 4.78 is 0. The van der Waals surface area contributed by atoms with Gasteiger partial charge in [0, 0.05) is 34.9 Å². The molecular weight excluding hydrogens is 284 g/mol. The van der Waals surface area contributed by atoms with Crippen LogP contribution >= 0.6 is 11.6 Å². The molecule has 0 aliphatic rings. The van der Waals surface area contributed by atoms with Crippen LogP contribution in [0.1, 0.15) is 15.9 Å². The number of halogens is 1. The molecule has 0 aliphatic heterocycles. The SMILES string of the molecule is O=C(NCc1cccc(Cl)c1)c1ccc2cnccc2c1. The Morgan fingerprint density at radius 2 is 2.00 bits per heavy atom. The van der Waals surface area contributed by atoms with Gasteiger partial charge in [-0.3, -0.25) is 9.78 Å². The molecule has 0 saturated carbocycles. The van der Waals surface area contributed by atoms with Gasteiger partial charge in [0.2, 0.25) is 0 Å². The zero-order chi connectivity index (χ0) is 14.7. The minimum atomic E-state index is -0.103. The summed E-state index contributed by atoms with van der Waals surface area (Å²) in [7, 11) is 0. The van der Waals surface area contributed by atoms with Crippen molar-refractivity contribution >= 4 is 28.3 Å². The largest absolute Gasteiger partial charge is 0.348 e. The molecule has 0 spiro atoms. The molecule has 0 radical (unpaired) electrons. The third-order valence-electron chi connectivity index (χ3n) is 3.24. The van der Waals surface area contributed by atoms with Gasteiger partial charge in [0.25, 0.3) is 5.91 Å². The van der Waals surface area contributed by atoms with E-state index >= 15 is 0 Å². The third kappa shape index (κ3) is 3.20. The number of nitrogens with zero attached hydrogens (tertiary/aromatic N) is 1. The van der Waals surface area contributed by atoms with E-state index in [1.165, 1.54) is 0 Å². The van der Waals surface area contributed by atoms with Gasteiger partial charge in [-0.15, -0.1) is 0 Å². The van der Waals surface area contributed by atoms with Gasteiger partial charge < -0.3 is 5.32 Å². The van der Waals surface area contributed by atoms with Crippen molar-refractivity contribution in [1.82, 2.24) is 10.3 Å². The molecule has 0 atom stereocenters. The van der Waals surface area contributed by atoms with Crippen molar-refractivity contribution in [3.8, 4) is 0 Å². The standard InChI is InChI=1S/C17H13ClN2O/c18-16-3-1-2-12(8-16)10-20-17(21)14-4-5-15-11-19-7-6-13(15)9-14/h1-9,11H,10H2,(H,20,21). The first kappa shape index (κ1) is 13.6. The van der Waals surface area contributed by atoms with Crippen molar-refractivity contribution < 1.29 is 4.79 Å². The van der Waals surface area contributed by atoms with Crippen LogP contribution in [0.2, 0.25) is 5.02 Å². The van der Waals surface area contributed by atoms with E-state index in [1.807, 2.05) is 42.5 Å². The number of nitrogens with one attached hydrogen (secondary N) is 1. The van der Waals surface area contributed by atoms with E-state index in [2.05, 4.69) is 10.3 Å². The van der Waals surface area contributed by atoms with Crippen molar-refractivity contribution in [3.63, 3.8) is 0 Å². The number of benzene rings is 2. The fourth-order valence-corrected chi connectivity index (χ4v) is 2.37. The highest BCUT2D eigenvalue weighted by Gasteiger charge is 2.06. The molecule has 1 heterocycles. The highest BCUT2D eigenvalue weighted by molar-refractivity contribution is 6.30. The van der Waals surface area contributed by atoms with Crippen LogP contribution in [-0.4, -0.2) is 10.9 Å². The number of pyridine rings is 1. The number of aromatic nitrogens is 1. The van der Waals surface area contributed by atoms with E-state index in [4.69, 9.17) is 11.6 Å². The number of carbonyl (C=O) groups is 1. The quantitative estimate of drug-likeness (QED) is 0.798. The Balaban J connectivity index is 1.74. The molecule has 0 aliphatic carbocycles. The van der Waals surface area contributed by atoms with E-state index in [0.717, 1.165) is 16.3 Å². The highest BCUT2D eigenvalue weighted by atomic mass is 35.5. The second-order valence-electron chi connectivity index (χ2n) is 4.75.